The molecular formula is C6H7N3O2. The van der Waals surface area contributed by atoms with E-state index in [0.29, 0.717) is 12.1 Å². The Labute approximate surface area is 62.5 Å². The monoisotopic (exact) mass is 153 g/mol. The van der Waals surface area contributed by atoms with E-state index in [1.54, 1.807) is 6.92 Å². The van der Waals surface area contributed by atoms with Crippen LogP contribution in [0.25, 0.3) is 0 Å². The van der Waals surface area contributed by atoms with Gasteiger partial charge in [-0.25, -0.2) is 4.98 Å². The van der Waals surface area contributed by atoms with E-state index in [4.69, 9.17) is 0 Å². The Hall–Kier alpha value is -1.65. The highest BCUT2D eigenvalue weighted by molar-refractivity contribution is 5.67. The van der Waals surface area contributed by atoms with Crippen molar-refractivity contribution in [1.29, 1.82) is 0 Å². The molecule has 58 valence electrons. The Kier molecular flexibility index (Phi) is 2.00. The maximum atomic E-state index is 10.9. The number of aromatic amines is 1. The van der Waals surface area contributed by atoms with Crippen molar-refractivity contribution in [2.75, 3.05) is 5.32 Å². The Bertz CT molecular complexity index is 318. The third kappa shape index (κ3) is 1.64. The lowest BCUT2D eigenvalue weighted by Crippen LogP contribution is -2.15. The summed E-state index contributed by atoms with van der Waals surface area (Å²) in [6, 6.07) is 0. The zero-order valence-electron chi connectivity index (χ0n) is 5.92. The molecule has 1 aromatic rings. The normalized spacial score (nSPS) is 9.18. The fourth-order valence-electron chi connectivity index (χ4n) is 0.649. The lowest BCUT2D eigenvalue weighted by atomic mass is 10.5. The molecule has 0 radical (unpaired) electrons. The van der Waals surface area contributed by atoms with Crippen LogP contribution in [0, 0.1) is 6.92 Å². The molecule has 0 aliphatic carbocycles. The number of nitrogens with zero attached hydrogens (tertiary/aromatic N) is 1. The van der Waals surface area contributed by atoms with Gasteiger partial charge in [-0.1, -0.05) is 0 Å². The summed E-state index contributed by atoms with van der Waals surface area (Å²) < 4.78 is 0. The van der Waals surface area contributed by atoms with Crippen LogP contribution in [0.3, 0.4) is 0 Å². The summed E-state index contributed by atoms with van der Waals surface area (Å²) in [5, 5.41) is 2.17. The number of rotatable bonds is 2. The topological polar surface area (TPSA) is 74.8 Å². The number of aromatic nitrogens is 2. The Balaban J connectivity index is 3.09. The third-order valence-electron chi connectivity index (χ3n) is 1.11. The maximum absolute atomic E-state index is 10.9. The van der Waals surface area contributed by atoms with Crippen molar-refractivity contribution in [2.24, 2.45) is 0 Å². The molecule has 5 nitrogen and oxygen atoms in total. The minimum Gasteiger partial charge on any atom is -0.322 e. The Morgan fingerprint density at radius 3 is 3.00 bits per heavy atom. The SMILES string of the molecule is Cc1cnc(NC=O)c(=O)[nH]1. The Morgan fingerprint density at radius 1 is 1.73 bits per heavy atom. The van der Waals surface area contributed by atoms with Gasteiger partial charge in [0.25, 0.3) is 5.56 Å². The first-order chi connectivity index (χ1) is 5.24. The van der Waals surface area contributed by atoms with Gasteiger partial charge in [-0.05, 0) is 6.92 Å². The molecule has 0 spiro atoms. The molecule has 0 fully saturated rings. The number of anilines is 1. The summed E-state index contributed by atoms with van der Waals surface area (Å²) in [7, 11) is 0. The highest BCUT2D eigenvalue weighted by Gasteiger charge is 1.97. The number of carbonyl (C=O) groups excluding carboxylic acids is 1. The standard InChI is InChI=1S/C6H7N3O2/c1-4-2-7-5(8-3-10)6(11)9-4/h2-3H,1H3,(H,9,11)(H,7,8,10). The van der Waals surface area contributed by atoms with Gasteiger partial charge < -0.3 is 10.3 Å². The van der Waals surface area contributed by atoms with Crippen LogP contribution in [0.5, 0.6) is 0 Å². The minimum atomic E-state index is -0.392. The quantitative estimate of drug-likeness (QED) is 0.570. The summed E-state index contributed by atoms with van der Waals surface area (Å²) in [4.78, 5) is 27.0. The molecular weight excluding hydrogens is 146 g/mol. The molecule has 0 bridgehead atoms. The average molecular weight is 153 g/mol. The molecule has 0 aliphatic heterocycles. The van der Waals surface area contributed by atoms with Gasteiger partial charge in [0.2, 0.25) is 6.41 Å². The van der Waals surface area contributed by atoms with Gasteiger partial charge in [-0.2, -0.15) is 0 Å². The fraction of sp³-hybridized carbons (Fsp3) is 0.167. The number of hydrogen-bond acceptors (Lipinski definition) is 3. The second-order valence-electron chi connectivity index (χ2n) is 2.01. The third-order valence-corrected chi connectivity index (χ3v) is 1.11. The molecule has 0 saturated heterocycles. The molecule has 1 rings (SSSR count). The second kappa shape index (κ2) is 2.96. The highest BCUT2D eigenvalue weighted by Crippen LogP contribution is 1.89. The molecule has 5 heteroatoms. The van der Waals surface area contributed by atoms with Crippen LogP contribution >= 0.6 is 0 Å². The summed E-state index contributed by atoms with van der Waals surface area (Å²) in [5.41, 5.74) is 0.267. The fourth-order valence-corrected chi connectivity index (χ4v) is 0.649. The number of amides is 1. The van der Waals surface area contributed by atoms with Crippen LogP contribution in [0.2, 0.25) is 0 Å². The van der Waals surface area contributed by atoms with E-state index in [1.807, 2.05) is 0 Å². The van der Waals surface area contributed by atoms with E-state index >= 15 is 0 Å². The van der Waals surface area contributed by atoms with E-state index in [0.717, 1.165) is 0 Å². The van der Waals surface area contributed by atoms with Gasteiger partial charge in [0, 0.05) is 11.9 Å². The van der Waals surface area contributed by atoms with Gasteiger partial charge in [0.1, 0.15) is 0 Å². The van der Waals surface area contributed by atoms with Crippen molar-refractivity contribution in [3.63, 3.8) is 0 Å². The molecule has 1 heterocycles. The van der Waals surface area contributed by atoms with Gasteiger partial charge in [-0.15, -0.1) is 0 Å². The number of aryl methyl sites for hydroxylation is 1. The number of carbonyl (C=O) groups is 1. The summed E-state index contributed by atoms with van der Waals surface area (Å²) in [6.45, 7) is 1.71. The van der Waals surface area contributed by atoms with Crippen LogP contribution < -0.4 is 10.9 Å². The average Bonchev–Trinajstić information content (AvgIpc) is 1.95. The molecule has 11 heavy (non-hydrogen) atoms. The van der Waals surface area contributed by atoms with E-state index in [9.17, 15) is 9.59 Å². The van der Waals surface area contributed by atoms with Crippen LogP contribution in [0.4, 0.5) is 5.82 Å². The van der Waals surface area contributed by atoms with Crippen molar-refractivity contribution < 1.29 is 4.79 Å². The van der Waals surface area contributed by atoms with Crippen LogP contribution in [0.1, 0.15) is 5.69 Å². The number of hydrogen-bond donors (Lipinski definition) is 2. The maximum Gasteiger partial charge on any atom is 0.291 e. The van der Waals surface area contributed by atoms with Crippen molar-refractivity contribution in [3.05, 3.63) is 22.2 Å². The van der Waals surface area contributed by atoms with Gasteiger partial charge >= 0.3 is 0 Å². The van der Waals surface area contributed by atoms with E-state index < -0.39 is 5.56 Å². The Morgan fingerprint density at radius 2 is 2.45 bits per heavy atom. The number of H-pyrrole nitrogens is 1. The van der Waals surface area contributed by atoms with Crippen molar-refractivity contribution in [3.8, 4) is 0 Å². The first-order valence-corrected chi connectivity index (χ1v) is 3.00. The van der Waals surface area contributed by atoms with Gasteiger partial charge in [0.15, 0.2) is 5.82 Å². The zero-order valence-corrected chi connectivity index (χ0v) is 5.92. The van der Waals surface area contributed by atoms with Crippen molar-refractivity contribution >= 4 is 12.2 Å². The molecule has 2 N–H and O–H groups in total. The van der Waals surface area contributed by atoms with Crippen LogP contribution in [-0.4, -0.2) is 16.4 Å². The molecule has 0 aliphatic rings. The highest BCUT2D eigenvalue weighted by atomic mass is 16.1. The first kappa shape index (κ1) is 7.46. The summed E-state index contributed by atoms with van der Waals surface area (Å²) in [5.74, 6) is 0.0191. The summed E-state index contributed by atoms with van der Waals surface area (Å²) >= 11 is 0. The molecule has 1 aromatic heterocycles. The van der Waals surface area contributed by atoms with Crippen LogP contribution in [-0.2, 0) is 4.79 Å². The lowest BCUT2D eigenvalue weighted by Gasteiger charge is -1.95. The van der Waals surface area contributed by atoms with Gasteiger partial charge in [0.05, 0.1) is 0 Å². The zero-order chi connectivity index (χ0) is 8.27. The van der Waals surface area contributed by atoms with Gasteiger partial charge in [-0.3, -0.25) is 9.59 Å². The molecule has 0 atom stereocenters. The molecule has 0 unspecified atom stereocenters. The van der Waals surface area contributed by atoms with E-state index in [2.05, 4.69) is 15.3 Å². The largest absolute Gasteiger partial charge is 0.322 e. The van der Waals surface area contributed by atoms with E-state index in [1.165, 1.54) is 6.20 Å². The van der Waals surface area contributed by atoms with Crippen molar-refractivity contribution in [2.45, 2.75) is 6.92 Å². The predicted molar refractivity (Wildman–Crippen MR) is 39.3 cm³/mol. The summed E-state index contributed by atoms with van der Waals surface area (Å²) in [6.07, 6.45) is 1.88. The van der Waals surface area contributed by atoms with Crippen molar-refractivity contribution in [1.82, 2.24) is 9.97 Å². The first-order valence-electron chi connectivity index (χ1n) is 3.00. The minimum absolute atomic E-state index is 0.0191. The predicted octanol–water partition coefficient (Wildman–Crippen LogP) is -0.353. The van der Waals surface area contributed by atoms with Crippen LogP contribution in [0.15, 0.2) is 11.0 Å². The van der Waals surface area contributed by atoms with E-state index in [-0.39, 0.29) is 5.82 Å². The molecule has 1 amide bonds. The molecule has 0 saturated carbocycles. The second-order valence-corrected chi connectivity index (χ2v) is 2.01. The molecule has 0 aromatic carbocycles. The lowest BCUT2D eigenvalue weighted by molar-refractivity contribution is -0.105. The number of nitrogens with one attached hydrogen (secondary N) is 2. The smallest absolute Gasteiger partial charge is 0.291 e.